The molecule has 1 amide bonds. The highest BCUT2D eigenvalue weighted by Crippen LogP contribution is 2.23. The molecule has 0 radical (unpaired) electrons. The van der Waals surface area contributed by atoms with Gasteiger partial charge in [-0.05, 0) is 51.6 Å². The van der Waals surface area contributed by atoms with Gasteiger partial charge in [0.2, 0.25) is 0 Å². The summed E-state index contributed by atoms with van der Waals surface area (Å²) in [6, 6.07) is 0. The largest absolute Gasteiger partial charge is 0.463 e. The fraction of sp³-hybridized carbons (Fsp3) is 0.714. The fourth-order valence-electron chi connectivity index (χ4n) is 2.12. The minimum atomic E-state index is -1.11. The van der Waals surface area contributed by atoms with E-state index in [1.807, 2.05) is 0 Å². The molecule has 0 saturated heterocycles. The summed E-state index contributed by atoms with van der Waals surface area (Å²) in [4.78, 5) is 14.7. The van der Waals surface area contributed by atoms with Crippen LogP contribution in [0.1, 0.15) is 58.7 Å². The fourth-order valence-corrected chi connectivity index (χ4v) is 3.37. The summed E-state index contributed by atoms with van der Waals surface area (Å²) in [5.74, 6) is 0. The second-order valence-corrected chi connectivity index (χ2v) is 6.57. The SMILES string of the molecule is CCCCc1c(CC)n(C(C)(C)C)sc1=NC(=O)O. The van der Waals surface area contributed by atoms with E-state index in [1.165, 1.54) is 17.2 Å². The van der Waals surface area contributed by atoms with Crippen molar-refractivity contribution < 1.29 is 9.90 Å². The van der Waals surface area contributed by atoms with E-state index < -0.39 is 6.09 Å². The minimum absolute atomic E-state index is 0.0384. The molecule has 108 valence electrons. The first-order valence-electron chi connectivity index (χ1n) is 6.83. The smallest absolute Gasteiger partial charge is 0.432 e. The van der Waals surface area contributed by atoms with E-state index in [0.717, 1.165) is 31.2 Å². The molecule has 0 aromatic carbocycles. The van der Waals surface area contributed by atoms with Crippen LogP contribution in [-0.2, 0) is 18.4 Å². The summed E-state index contributed by atoms with van der Waals surface area (Å²) in [6.45, 7) is 10.7. The molecule has 0 bridgehead atoms. The molecule has 1 aromatic rings. The lowest BCUT2D eigenvalue weighted by atomic mass is 10.0. The molecular formula is C14H24N2O2S. The molecule has 1 aromatic heterocycles. The standard InChI is InChI=1S/C14H24N2O2S/c1-6-8-9-10-11(7-2)16(14(3,4)5)19-12(10)15-13(17)18/h6-9H2,1-5H3,(H,17,18). The van der Waals surface area contributed by atoms with Crippen LogP contribution in [0.5, 0.6) is 0 Å². The lowest BCUT2D eigenvalue weighted by Crippen LogP contribution is -2.21. The zero-order chi connectivity index (χ0) is 14.6. The molecule has 1 rings (SSSR count). The Kier molecular flexibility index (Phi) is 5.35. The highest BCUT2D eigenvalue weighted by Gasteiger charge is 2.21. The van der Waals surface area contributed by atoms with Crippen LogP contribution >= 0.6 is 11.5 Å². The first-order valence-corrected chi connectivity index (χ1v) is 7.60. The normalized spacial score (nSPS) is 13.0. The van der Waals surface area contributed by atoms with E-state index in [0.29, 0.717) is 4.67 Å². The number of aromatic nitrogens is 1. The summed E-state index contributed by atoms with van der Waals surface area (Å²) in [7, 11) is 0. The van der Waals surface area contributed by atoms with Crippen molar-refractivity contribution in [1.82, 2.24) is 3.96 Å². The van der Waals surface area contributed by atoms with Gasteiger partial charge in [0.15, 0.2) is 0 Å². The van der Waals surface area contributed by atoms with Crippen molar-refractivity contribution in [2.45, 2.75) is 65.8 Å². The monoisotopic (exact) mass is 284 g/mol. The Balaban J connectivity index is 3.46. The maximum absolute atomic E-state index is 10.9. The second-order valence-electron chi connectivity index (χ2n) is 5.64. The van der Waals surface area contributed by atoms with Crippen LogP contribution in [0.15, 0.2) is 4.99 Å². The quantitative estimate of drug-likeness (QED) is 0.914. The van der Waals surface area contributed by atoms with Crippen molar-refractivity contribution in [2.24, 2.45) is 4.99 Å². The summed E-state index contributed by atoms with van der Waals surface area (Å²) in [6.07, 6.45) is 2.87. The molecule has 1 N–H and O–H groups in total. The average Bonchev–Trinajstić information content (AvgIpc) is 2.63. The summed E-state index contributed by atoms with van der Waals surface area (Å²) in [5, 5.41) is 8.92. The Morgan fingerprint density at radius 3 is 2.42 bits per heavy atom. The van der Waals surface area contributed by atoms with Crippen LogP contribution in [0.2, 0.25) is 0 Å². The van der Waals surface area contributed by atoms with Crippen LogP contribution in [0.3, 0.4) is 0 Å². The molecule has 0 saturated carbocycles. The van der Waals surface area contributed by atoms with Crippen LogP contribution in [0.25, 0.3) is 0 Å². The Hall–Kier alpha value is -1.10. The minimum Gasteiger partial charge on any atom is -0.463 e. The Morgan fingerprint density at radius 1 is 1.37 bits per heavy atom. The second kappa shape index (κ2) is 6.37. The topological polar surface area (TPSA) is 54.6 Å². The van der Waals surface area contributed by atoms with Gasteiger partial charge >= 0.3 is 6.09 Å². The van der Waals surface area contributed by atoms with E-state index in [-0.39, 0.29) is 5.54 Å². The third kappa shape index (κ3) is 3.93. The molecule has 1 heterocycles. The summed E-state index contributed by atoms with van der Waals surface area (Å²) < 4.78 is 2.87. The lowest BCUT2D eigenvalue weighted by molar-refractivity contribution is 0.205. The van der Waals surface area contributed by atoms with Gasteiger partial charge in [0.25, 0.3) is 0 Å². The maximum atomic E-state index is 10.9. The Labute approximate surface area is 119 Å². The molecule has 0 spiro atoms. The average molecular weight is 284 g/mol. The number of carbonyl (C=O) groups is 1. The maximum Gasteiger partial charge on any atom is 0.432 e. The number of nitrogens with zero attached hydrogens (tertiary/aromatic N) is 2. The molecule has 0 aliphatic heterocycles. The van der Waals surface area contributed by atoms with Gasteiger partial charge in [-0.25, -0.2) is 4.79 Å². The van der Waals surface area contributed by atoms with Crippen molar-refractivity contribution in [3.8, 4) is 0 Å². The zero-order valence-electron chi connectivity index (χ0n) is 12.5. The van der Waals surface area contributed by atoms with Gasteiger partial charge in [-0.3, -0.25) is 3.96 Å². The molecular weight excluding hydrogens is 260 g/mol. The van der Waals surface area contributed by atoms with Crippen LogP contribution < -0.4 is 4.67 Å². The number of hydrogen-bond acceptors (Lipinski definition) is 2. The lowest BCUT2D eigenvalue weighted by Gasteiger charge is -2.23. The Morgan fingerprint density at radius 2 is 2.00 bits per heavy atom. The third-order valence-corrected chi connectivity index (χ3v) is 4.41. The third-order valence-electron chi connectivity index (χ3n) is 2.95. The highest BCUT2D eigenvalue weighted by atomic mass is 32.1. The number of unbranched alkanes of at least 4 members (excludes halogenated alkanes) is 1. The molecule has 19 heavy (non-hydrogen) atoms. The van der Waals surface area contributed by atoms with Gasteiger partial charge in [0.1, 0.15) is 4.67 Å². The molecule has 5 heteroatoms. The van der Waals surface area contributed by atoms with Gasteiger partial charge in [0, 0.05) is 16.8 Å². The van der Waals surface area contributed by atoms with Crippen molar-refractivity contribution in [3.63, 3.8) is 0 Å². The number of hydrogen-bond donors (Lipinski definition) is 1. The van der Waals surface area contributed by atoms with Crippen LogP contribution in [0, 0.1) is 0 Å². The van der Waals surface area contributed by atoms with E-state index in [9.17, 15) is 4.79 Å². The number of carboxylic acid groups (broad SMARTS) is 1. The molecule has 0 atom stereocenters. The highest BCUT2D eigenvalue weighted by molar-refractivity contribution is 7.04. The van der Waals surface area contributed by atoms with E-state index in [4.69, 9.17) is 5.11 Å². The van der Waals surface area contributed by atoms with Gasteiger partial charge in [0.05, 0.1) is 0 Å². The predicted molar refractivity (Wildman–Crippen MR) is 78.9 cm³/mol. The van der Waals surface area contributed by atoms with Gasteiger partial charge in [-0.1, -0.05) is 20.3 Å². The molecule has 4 nitrogen and oxygen atoms in total. The van der Waals surface area contributed by atoms with Crippen molar-refractivity contribution in [2.75, 3.05) is 0 Å². The summed E-state index contributed by atoms with van der Waals surface area (Å²) >= 11 is 1.47. The zero-order valence-corrected chi connectivity index (χ0v) is 13.3. The van der Waals surface area contributed by atoms with E-state index >= 15 is 0 Å². The first kappa shape index (κ1) is 16.0. The predicted octanol–water partition coefficient (Wildman–Crippen LogP) is 3.79. The van der Waals surface area contributed by atoms with Crippen molar-refractivity contribution in [3.05, 3.63) is 15.9 Å². The first-order chi connectivity index (χ1) is 8.81. The molecule has 0 unspecified atom stereocenters. The molecule has 0 fully saturated rings. The van der Waals surface area contributed by atoms with E-state index in [1.54, 1.807) is 0 Å². The van der Waals surface area contributed by atoms with Gasteiger partial charge < -0.3 is 5.11 Å². The molecule has 0 aliphatic carbocycles. The molecule has 0 aliphatic rings. The van der Waals surface area contributed by atoms with Crippen molar-refractivity contribution in [1.29, 1.82) is 0 Å². The van der Waals surface area contributed by atoms with E-state index in [2.05, 4.69) is 43.6 Å². The van der Waals surface area contributed by atoms with Crippen LogP contribution in [-0.4, -0.2) is 15.2 Å². The number of amides is 1. The van der Waals surface area contributed by atoms with Crippen molar-refractivity contribution >= 4 is 17.6 Å². The van der Waals surface area contributed by atoms with Gasteiger partial charge in [-0.2, -0.15) is 4.99 Å². The van der Waals surface area contributed by atoms with Gasteiger partial charge in [-0.15, -0.1) is 0 Å². The summed E-state index contributed by atoms with van der Waals surface area (Å²) in [5.41, 5.74) is 2.31. The van der Waals surface area contributed by atoms with Crippen LogP contribution in [0.4, 0.5) is 4.79 Å². The number of rotatable bonds is 4. The Bertz CT molecular complexity index is 506.